The van der Waals surface area contributed by atoms with Crippen LogP contribution in [0.15, 0.2) is 24.3 Å². The standard InChI is InChI=1S/C10H16NO3P/c1-7(2)8-3-5-9(6-4-8)10(11)15(12,13)14/h3-7,10H,11H2,1-2H3,(H2,12,13,14). The molecule has 0 amide bonds. The van der Waals surface area contributed by atoms with Crippen LogP contribution in [0.5, 0.6) is 0 Å². The molecule has 0 saturated heterocycles. The van der Waals surface area contributed by atoms with Crippen molar-refractivity contribution in [3.8, 4) is 0 Å². The summed E-state index contributed by atoms with van der Waals surface area (Å²) in [6.07, 6.45) is 0. The third kappa shape index (κ3) is 3.14. The van der Waals surface area contributed by atoms with Crippen molar-refractivity contribution in [3.05, 3.63) is 35.4 Å². The third-order valence-corrected chi connectivity index (χ3v) is 3.33. The van der Waals surface area contributed by atoms with E-state index >= 15 is 0 Å². The smallest absolute Gasteiger partial charge is 0.323 e. The van der Waals surface area contributed by atoms with Crippen LogP contribution in [0.4, 0.5) is 0 Å². The molecule has 0 aliphatic carbocycles. The zero-order chi connectivity index (χ0) is 11.6. The van der Waals surface area contributed by atoms with Gasteiger partial charge in [0.1, 0.15) is 5.78 Å². The van der Waals surface area contributed by atoms with Gasteiger partial charge in [-0.25, -0.2) is 0 Å². The lowest BCUT2D eigenvalue weighted by Crippen LogP contribution is -2.10. The number of hydrogen-bond donors (Lipinski definition) is 3. The Morgan fingerprint density at radius 2 is 1.53 bits per heavy atom. The van der Waals surface area contributed by atoms with Gasteiger partial charge >= 0.3 is 7.60 Å². The van der Waals surface area contributed by atoms with Crippen molar-refractivity contribution >= 4 is 7.60 Å². The minimum atomic E-state index is -4.24. The average Bonchev–Trinajstić information content (AvgIpc) is 2.15. The second kappa shape index (κ2) is 4.45. The van der Waals surface area contributed by atoms with Crippen LogP contribution in [0, 0.1) is 0 Å². The first kappa shape index (κ1) is 12.4. The van der Waals surface area contributed by atoms with Gasteiger partial charge in [0.25, 0.3) is 0 Å². The van der Waals surface area contributed by atoms with Crippen LogP contribution in [0.2, 0.25) is 0 Å². The van der Waals surface area contributed by atoms with E-state index in [1.807, 2.05) is 12.1 Å². The van der Waals surface area contributed by atoms with Crippen molar-refractivity contribution in [1.82, 2.24) is 0 Å². The predicted molar refractivity (Wildman–Crippen MR) is 59.5 cm³/mol. The number of nitrogens with two attached hydrogens (primary N) is 1. The molecule has 15 heavy (non-hydrogen) atoms. The van der Waals surface area contributed by atoms with Crippen molar-refractivity contribution in [1.29, 1.82) is 0 Å². The monoisotopic (exact) mass is 229 g/mol. The van der Waals surface area contributed by atoms with Gasteiger partial charge in [-0.2, -0.15) is 0 Å². The molecule has 84 valence electrons. The van der Waals surface area contributed by atoms with Crippen LogP contribution < -0.4 is 5.73 Å². The molecule has 1 aromatic carbocycles. The van der Waals surface area contributed by atoms with E-state index < -0.39 is 13.4 Å². The molecule has 0 spiro atoms. The number of rotatable bonds is 3. The molecular weight excluding hydrogens is 213 g/mol. The van der Waals surface area contributed by atoms with E-state index in [4.69, 9.17) is 15.5 Å². The van der Waals surface area contributed by atoms with Crippen LogP contribution in [-0.4, -0.2) is 9.79 Å². The van der Waals surface area contributed by atoms with Crippen LogP contribution in [0.25, 0.3) is 0 Å². The van der Waals surface area contributed by atoms with Crippen molar-refractivity contribution in [2.75, 3.05) is 0 Å². The normalized spacial score (nSPS) is 14.3. The molecule has 1 atom stereocenters. The molecule has 4 N–H and O–H groups in total. The van der Waals surface area contributed by atoms with E-state index in [0.717, 1.165) is 5.56 Å². The molecule has 0 aliphatic rings. The molecule has 4 nitrogen and oxygen atoms in total. The fourth-order valence-electron chi connectivity index (χ4n) is 1.27. The molecule has 0 radical (unpaired) electrons. The molecule has 5 heteroatoms. The topological polar surface area (TPSA) is 83.6 Å². The molecular formula is C10H16NO3P. The summed E-state index contributed by atoms with van der Waals surface area (Å²) in [6, 6.07) is 7.02. The Bertz CT molecular complexity index is 369. The van der Waals surface area contributed by atoms with Crippen LogP contribution in [0.3, 0.4) is 0 Å². The summed E-state index contributed by atoms with van der Waals surface area (Å²) in [5.41, 5.74) is 7.02. The van der Waals surface area contributed by atoms with E-state index in [-0.39, 0.29) is 0 Å². The predicted octanol–water partition coefficient (Wildman–Crippen LogP) is 1.95. The van der Waals surface area contributed by atoms with Crippen LogP contribution in [0.1, 0.15) is 36.7 Å². The molecule has 0 heterocycles. The van der Waals surface area contributed by atoms with Crippen LogP contribution in [-0.2, 0) is 4.57 Å². The maximum Gasteiger partial charge on any atom is 0.346 e. The van der Waals surface area contributed by atoms with Gasteiger partial charge in [0, 0.05) is 0 Å². The molecule has 0 saturated carbocycles. The Hall–Kier alpha value is -0.670. The second-order valence-corrected chi connectivity index (χ2v) is 5.59. The third-order valence-electron chi connectivity index (χ3n) is 2.31. The highest BCUT2D eigenvalue weighted by Gasteiger charge is 2.25. The van der Waals surface area contributed by atoms with Gasteiger partial charge in [-0.3, -0.25) is 4.57 Å². The molecule has 1 unspecified atom stereocenters. The average molecular weight is 229 g/mol. The summed E-state index contributed by atoms with van der Waals surface area (Å²) in [7, 11) is -4.24. The Kier molecular flexibility index (Phi) is 3.68. The molecule has 1 rings (SSSR count). The maximum absolute atomic E-state index is 10.9. The molecule has 1 aromatic rings. The van der Waals surface area contributed by atoms with Crippen molar-refractivity contribution in [2.45, 2.75) is 25.5 Å². The Balaban J connectivity index is 2.94. The SMILES string of the molecule is CC(C)c1ccc(C(N)P(=O)(O)O)cc1. The minimum Gasteiger partial charge on any atom is -0.323 e. The first-order valence-electron chi connectivity index (χ1n) is 4.73. The Morgan fingerprint density at radius 3 is 1.87 bits per heavy atom. The van der Waals surface area contributed by atoms with Gasteiger partial charge in [-0.05, 0) is 17.0 Å². The Labute approximate surface area is 89.3 Å². The van der Waals surface area contributed by atoms with E-state index in [1.54, 1.807) is 12.1 Å². The molecule has 0 aliphatic heterocycles. The number of benzene rings is 1. The fraction of sp³-hybridized carbons (Fsp3) is 0.400. The van der Waals surface area contributed by atoms with Gasteiger partial charge in [-0.1, -0.05) is 38.1 Å². The zero-order valence-electron chi connectivity index (χ0n) is 8.79. The fourth-order valence-corrected chi connectivity index (χ4v) is 1.83. The lowest BCUT2D eigenvalue weighted by molar-refractivity contribution is 0.359. The molecule has 0 aromatic heterocycles. The highest BCUT2D eigenvalue weighted by atomic mass is 31.2. The second-order valence-electron chi connectivity index (χ2n) is 3.86. The highest BCUT2D eigenvalue weighted by Crippen LogP contribution is 2.47. The van der Waals surface area contributed by atoms with Crippen molar-refractivity contribution < 1.29 is 14.4 Å². The maximum atomic E-state index is 10.9. The van der Waals surface area contributed by atoms with Gasteiger partial charge < -0.3 is 15.5 Å². The summed E-state index contributed by atoms with van der Waals surface area (Å²) in [4.78, 5) is 17.8. The first-order valence-corrected chi connectivity index (χ1v) is 6.41. The summed E-state index contributed by atoms with van der Waals surface area (Å²) in [5.74, 6) is -0.830. The molecule has 0 bridgehead atoms. The van der Waals surface area contributed by atoms with Crippen LogP contribution >= 0.6 is 7.60 Å². The first-order chi connectivity index (χ1) is 6.82. The lowest BCUT2D eigenvalue weighted by atomic mass is 10.0. The van der Waals surface area contributed by atoms with E-state index in [0.29, 0.717) is 11.5 Å². The summed E-state index contributed by atoms with van der Waals surface area (Å²) >= 11 is 0. The largest absolute Gasteiger partial charge is 0.346 e. The Morgan fingerprint density at radius 1 is 1.13 bits per heavy atom. The van der Waals surface area contributed by atoms with Crippen molar-refractivity contribution in [2.24, 2.45) is 5.73 Å². The molecule has 0 fully saturated rings. The lowest BCUT2D eigenvalue weighted by Gasteiger charge is -2.14. The zero-order valence-corrected chi connectivity index (χ0v) is 9.69. The van der Waals surface area contributed by atoms with Gasteiger partial charge in [0.15, 0.2) is 0 Å². The van der Waals surface area contributed by atoms with E-state index in [9.17, 15) is 4.57 Å². The summed E-state index contributed by atoms with van der Waals surface area (Å²) in [6.45, 7) is 4.11. The number of hydrogen-bond acceptors (Lipinski definition) is 2. The van der Waals surface area contributed by atoms with E-state index in [2.05, 4.69) is 13.8 Å². The quantitative estimate of drug-likeness (QED) is 0.691. The van der Waals surface area contributed by atoms with Gasteiger partial charge in [-0.15, -0.1) is 0 Å². The van der Waals surface area contributed by atoms with E-state index in [1.165, 1.54) is 0 Å². The summed E-state index contributed by atoms with van der Waals surface area (Å²) < 4.78 is 10.9. The van der Waals surface area contributed by atoms with Gasteiger partial charge in [0.2, 0.25) is 0 Å². The minimum absolute atomic E-state index is 0.394. The highest BCUT2D eigenvalue weighted by molar-refractivity contribution is 7.52. The summed E-state index contributed by atoms with van der Waals surface area (Å²) in [5, 5.41) is 0. The van der Waals surface area contributed by atoms with Crippen molar-refractivity contribution in [3.63, 3.8) is 0 Å². The van der Waals surface area contributed by atoms with Gasteiger partial charge in [0.05, 0.1) is 0 Å².